The van der Waals surface area contributed by atoms with Crippen molar-refractivity contribution in [3.8, 4) is 0 Å². The molecule has 0 spiro atoms. The Morgan fingerprint density at radius 3 is 2.43 bits per heavy atom. The number of carbonyl (C=O) groups is 2. The van der Waals surface area contributed by atoms with Crippen molar-refractivity contribution in [1.29, 1.82) is 0 Å². The lowest BCUT2D eigenvalue weighted by atomic mass is 10.2. The van der Waals surface area contributed by atoms with Gasteiger partial charge in [-0.15, -0.1) is 0 Å². The van der Waals surface area contributed by atoms with Crippen molar-refractivity contribution in [1.82, 2.24) is 5.32 Å². The molecule has 1 amide bonds. The number of cyclic esters (lactones) is 1. The van der Waals surface area contributed by atoms with Gasteiger partial charge in [0.05, 0.1) is 0 Å². The molecule has 0 bridgehead atoms. The highest BCUT2D eigenvalue weighted by atomic mass is 16.6. The molecule has 2 rings (SSSR count). The zero-order valence-corrected chi connectivity index (χ0v) is 7.19. The smallest absolute Gasteiger partial charge is 0.402 e. The van der Waals surface area contributed by atoms with Crippen LogP contribution >= 0.6 is 0 Å². The van der Waals surface area contributed by atoms with Crippen LogP contribution in [0.4, 0.5) is 0 Å². The Labute approximate surface area is 80.2 Å². The number of rotatable bonds is 1. The molecule has 1 aliphatic heterocycles. The van der Waals surface area contributed by atoms with Crippen LogP contribution in [0.1, 0.15) is 5.56 Å². The Bertz CT molecular complexity index is 391. The summed E-state index contributed by atoms with van der Waals surface area (Å²) in [5.41, 5.74) is 0.859. The first-order chi connectivity index (χ1) is 6.75. The summed E-state index contributed by atoms with van der Waals surface area (Å²) >= 11 is 0. The fourth-order valence-corrected chi connectivity index (χ4v) is 1.10. The molecular weight excluding hydrogens is 182 g/mol. The standard InChI is InChI=1S/C10H7NO3/c12-9-10(13)14-8(11-9)6-7-4-2-1-3-5-7/h1-6H,(H,11,12). The van der Waals surface area contributed by atoms with Crippen molar-refractivity contribution < 1.29 is 14.3 Å². The molecule has 1 aromatic rings. The van der Waals surface area contributed by atoms with E-state index in [1.165, 1.54) is 0 Å². The van der Waals surface area contributed by atoms with E-state index in [0.29, 0.717) is 0 Å². The van der Waals surface area contributed by atoms with Crippen molar-refractivity contribution in [2.24, 2.45) is 0 Å². The zero-order valence-electron chi connectivity index (χ0n) is 7.19. The number of hydrogen-bond donors (Lipinski definition) is 1. The first-order valence-corrected chi connectivity index (χ1v) is 4.05. The van der Waals surface area contributed by atoms with Gasteiger partial charge in [0.2, 0.25) is 5.88 Å². The molecule has 1 heterocycles. The lowest BCUT2D eigenvalue weighted by molar-refractivity contribution is -0.145. The molecule has 1 aromatic carbocycles. The second-order valence-corrected chi connectivity index (χ2v) is 2.76. The van der Waals surface area contributed by atoms with Crippen LogP contribution in [0.15, 0.2) is 36.2 Å². The molecule has 0 unspecified atom stereocenters. The molecule has 1 fully saturated rings. The van der Waals surface area contributed by atoms with E-state index in [1.807, 2.05) is 30.3 Å². The maximum atomic E-state index is 10.7. The minimum Gasteiger partial charge on any atom is -0.402 e. The van der Waals surface area contributed by atoms with Gasteiger partial charge >= 0.3 is 11.9 Å². The lowest BCUT2D eigenvalue weighted by Gasteiger charge is -1.95. The predicted molar refractivity (Wildman–Crippen MR) is 48.7 cm³/mol. The fourth-order valence-electron chi connectivity index (χ4n) is 1.10. The second kappa shape index (κ2) is 3.33. The quantitative estimate of drug-likeness (QED) is 0.521. The molecule has 1 aliphatic rings. The lowest BCUT2D eigenvalue weighted by Crippen LogP contribution is -2.17. The van der Waals surface area contributed by atoms with Gasteiger partial charge < -0.3 is 4.74 Å². The summed E-state index contributed by atoms with van der Waals surface area (Å²) in [6, 6.07) is 9.26. The third-order valence-corrected chi connectivity index (χ3v) is 1.72. The van der Waals surface area contributed by atoms with E-state index in [4.69, 9.17) is 0 Å². The summed E-state index contributed by atoms with van der Waals surface area (Å²) in [6.07, 6.45) is 1.59. The highest BCUT2D eigenvalue weighted by Crippen LogP contribution is 2.09. The van der Waals surface area contributed by atoms with Crippen LogP contribution in [-0.2, 0) is 14.3 Å². The van der Waals surface area contributed by atoms with E-state index in [2.05, 4.69) is 10.1 Å². The molecule has 0 saturated carbocycles. The number of nitrogens with one attached hydrogen (secondary N) is 1. The molecule has 0 aromatic heterocycles. The van der Waals surface area contributed by atoms with Gasteiger partial charge in [-0.05, 0) is 5.56 Å². The molecular formula is C10H7NO3. The monoisotopic (exact) mass is 189 g/mol. The van der Waals surface area contributed by atoms with Gasteiger partial charge in [0, 0.05) is 6.08 Å². The first-order valence-electron chi connectivity index (χ1n) is 4.05. The minimum absolute atomic E-state index is 0.172. The summed E-state index contributed by atoms with van der Waals surface area (Å²) in [5.74, 6) is -1.43. The largest absolute Gasteiger partial charge is 0.403 e. The summed E-state index contributed by atoms with van der Waals surface area (Å²) in [7, 11) is 0. The normalized spacial score (nSPS) is 18.1. The van der Waals surface area contributed by atoms with Crippen molar-refractivity contribution in [3.63, 3.8) is 0 Å². The SMILES string of the molecule is O=C1NC(=Cc2ccccc2)OC1=O. The molecule has 0 aliphatic carbocycles. The van der Waals surface area contributed by atoms with Gasteiger partial charge in [-0.1, -0.05) is 30.3 Å². The van der Waals surface area contributed by atoms with Crippen molar-refractivity contribution in [2.45, 2.75) is 0 Å². The Morgan fingerprint density at radius 2 is 1.86 bits per heavy atom. The van der Waals surface area contributed by atoms with Gasteiger partial charge in [0.15, 0.2) is 0 Å². The minimum atomic E-state index is -0.868. The van der Waals surface area contributed by atoms with Gasteiger partial charge in [-0.2, -0.15) is 0 Å². The number of amides is 1. The molecule has 14 heavy (non-hydrogen) atoms. The van der Waals surface area contributed by atoms with Crippen LogP contribution in [-0.4, -0.2) is 11.9 Å². The Hall–Kier alpha value is -2.10. The summed E-state index contributed by atoms with van der Waals surface area (Å²) in [4.78, 5) is 21.4. The average Bonchev–Trinajstić information content (AvgIpc) is 2.47. The van der Waals surface area contributed by atoms with Crippen LogP contribution in [0.5, 0.6) is 0 Å². The predicted octanol–water partition coefficient (Wildman–Crippen LogP) is 0.658. The topological polar surface area (TPSA) is 55.4 Å². The van der Waals surface area contributed by atoms with Crippen molar-refractivity contribution in [3.05, 3.63) is 41.8 Å². The highest BCUT2D eigenvalue weighted by Gasteiger charge is 2.26. The molecule has 1 saturated heterocycles. The van der Waals surface area contributed by atoms with Crippen LogP contribution < -0.4 is 5.32 Å². The Morgan fingerprint density at radius 1 is 1.14 bits per heavy atom. The van der Waals surface area contributed by atoms with E-state index < -0.39 is 11.9 Å². The van der Waals surface area contributed by atoms with Crippen molar-refractivity contribution >= 4 is 18.0 Å². The molecule has 1 N–H and O–H groups in total. The summed E-state index contributed by atoms with van der Waals surface area (Å²) in [5, 5.41) is 2.30. The van der Waals surface area contributed by atoms with Crippen LogP contribution in [0, 0.1) is 0 Å². The van der Waals surface area contributed by atoms with Gasteiger partial charge in [-0.3, -0.25) is 10.1 Å². The van der Waals surface area contributed by atoms with Crippen LogP contribution in [0.2, 0.25) is 0 Å². The van der Waals surface area contributed by atoms with E-state index in [1.54, 1.807) is 6.08 Å². The van der Waals surface area contributed by atoms with Crippen molar-refractivity contribution in [2.75, 3.05) is 0 Å². The number of hydrogen-bond acceptors (Lipinski definition) is 3. The van der Waals surface area contributed by atoms with E-state index in [-0.39, 0.29) is 5.88 Å². The maximum absolute atomic E-state index is 10.7. The fraction of sp³-hybridized carbons (Fsp3) is 0. The Balaban J connectivity index is 2.22. The third kappa shape index (κ3) is 1.64. The van der Waals surface area contributed by atoms with Gasteiger partial charge in [-0.25, -0.2) is 4.79 Å². The second-order valence-electron chi connectivity index (χ2n) is 2.76. The molecule has 4 heteroatoms. The average molecular weight is 189 g/mol. The number of ether oxygens (including phenoxy) is 1. The number of esters is 1. The van der Waals surface area contributed by atoms with E-state index in [9.17, 15) is 9.59 Å². The van der Waals surface area contributed by atoms with E-state index >= 15 is 0 Å². The maximum Gasteiger partial charge on any atom is 0.403 e. The van der Waals surface area contributed by atoms with Gasteiger partial charge in [0.1, 0.15) is 0 Å². The zero-order chi connectivity index (χ0) is 9.97. The van der Waals surface area contributed by atoms with Crippen LogP contribution in [0.25, 0.3) is 6.08 Å². The third-order valence-electron chi connectivity index (χ3n) is 1.72. The number of carbonyl (C=O) groups excluding carboxylic acids is 2. The number of benzene rings is 1. The highest BCUT2D eigenvalue weighted by molar-refractivity contribution is 6.35. The Kier molecular flexibility index (Phi) is 2.02. The van der Waals surface area contributed by atoms with E-state index in [0.717, 1.165) is 5.56 Å². The summed E-state index contributed by atoms with van der Waals surface area (Å²) in [6.45, 7) is 0. The van der Waals surface area contributed by atoms with Crippen LogP contribution in [0.3, 0.4) is 0 Å². The molecule has 4 nitrogen and oxygen atoms in total. The summed E-state index contributed by atoms with van der Waals surface area (Å²) < 4.78 is 4.64. The van der Waals surface area contributed by atoms with Gasteiger partial charge in [0.25, 0.3) is 0 Å². The first kappa shape index (κ1) is 8.50. The molecule has 0 radical (unpaired) electrons. The molecule has 0 atom stereocenters. The molecule has 70 valence electrons.